The van der Waals surface area contributed by atoms with Crippen molar-refractivity contribution < 1.29 is 0 Å². The maximum atomic E-state index is 13.3. The summed E-state index contributed by atoms with van der Waals surface area (Å²) < 4.78 is 5.71. The first kappa shape index (κ1) is 20.4. The second-order valence-corrected chi connectivity index (χ2v) is 9.33. The molecular formula is C23H20Cl2N4OS. The molecule has 0 amide bonds. The van der Waals surface area contributed by atoms with Crippen molar-refractivity contribution >= 4 is 40.2 Å². The fourth-order valence-corrected chi connectivity index (χ4v) is 5.23. The number of hydrogen-bond acceptors (Lipinski definition) is 3. The summed E-state index contributed by atoms with van der Waals surface area (Å²) in [5.41, 5.74) is 3.88. The normalized spacial score (nSPS) is 14.4. The predicted molar refractivity (Wildman–Crippen MR) is 127 cm³/mol. The highest BCUT2D eigenvalue weighted by Gasteiger charge is 2.28. The van der Waals surface area contributed by atoms with Crippen LogP contribution in [0.5, 0.6) is 0 Å². The molecule has 8 heteroatoms. The van der Waals surface area contributed by atoms with Crippen LogP contribution in [0.15, 0.2) is 63.7 Å². The van der Waals surface area contributed by atoms with Crippen LogP contribution in [0.25, 0.3) is 16.9 Å². The molecular weight excluding hydrogens is 451 g/mol. The maximum absolute atomic E-state index is 13.3. The third kappa shape index (κ3) is 3.59. The maximum Gasteiger partial charge on any atom is 0.297 e. The summed E-state index contributed by atoms with van der Waals surface area (Å²) in [6.07, 6.45) is 2.17. The van der Waals surface area contributed by atoms with Gasteiger partial charge in [-0.05, 0) is 50.1 Å². The van der Waals surface area contributed by atoms with Crippen LogP contribution >= 0.6 is 34.5 Å². The van der Waals surface area contributed by atoms with Crippen molar-refractivity contribution in [3.8, 4) is 16.9 Å². The fraction of sp³-hybridized carbons (Fsp3) is 0.217. The van der Waals surface area contributed by atoms with Gasteiger partial charge in [-0.2, -0.15) is 0 Å². The molecule has 2 aromatic heterocycles. The molecule has 0 N–H and O–H groups in total. The quantitative estimate of drug-likeness (QED) is 0.366. The summed E-state index contributed by atoms with van der Waals surface area (Å²) in [5.74, 6) is 0. The van der Waals surface area contributed by atoms with Gasteiger partial charge >= 0.3 is 0 Å². The Bertz CT molecular complexity index is 1410. The Morgan fingerprint density at radius 3 is 2.52 bits per heavy atom. The zero-order valence-electron chi connectivity index (χ0n) is 17.0. The van der Waals surface area contributed by atoms with Crippen molar-refractivity contribution in [2.24, 2.45) is 12.0 Å². The molecule has 4 aromatic rings. The standard InChI is InChI=1S/C23H20Cl2N4OS/c1-14-21(22(30)29(27(14)2)17-6-4-3-5-7-17)26-23-28(16-9-10-16)20(13-31-23)18-11-8-15(24)12-19(18)25/h3-8,11-13,16H,9-10H2,1-2H3. The topological polar surface area (TPSA) is 44.2 Å². The molecule has 31 heavy (non-hydrogen) atoms. The van der Waals surface area contributed by atoms with Crippen LogP contribution in [0.4, 0.5) is 5.69 Å². The lowest BCUT2D eigenvalue weighted by atomic mass is 10.1. The van der Waals surface area contributed by atoms with Gasteiger partial charge in [0.1, 0.15) is 0 Å². The first-order valence-corrected chi connectivity index (χ1v) is 11.6. The Balaban J connectivity index is 1.70. The highest BCUT2D eigenvalue weighted by atomic mass is 35.5. The fourth-order valence-electron chi connectivity index (χ4n) is 3.76. The number of nitrogens with zero attached hydrogens (tertiary/aromatic N) is 4. The molecule has 0 radical (unpaired) electrons. The van der Waals surface area contributed by atoms with E-state index < -0.39 is 0 Å². The Hall–Kier alpha value is -2.54. The molecule has 0 bridgehead atoms. The van der Waals surface area contributed by atoms with Gasteiger partial charge in [0, 0.05) is 29.1 Å². The molecule has 2 heterocycles. The molecule has 2 aromatic carbocycles. The molecule has 5 nitrogen and oxygen atoms in total. The van der Waals surface area contributed by atoms with E-state index in [1.54, 1.807) is 10.7 Å². The number of rotatable bonds is 4. The van der Waals surface area contributed by atoms with Crippen molar-refractivity contribution in [3.05, 3.63) is 84.8 Å². The Labute approximate surface area is 193 Å². The van der Waals surface area contributed by atoms with Crippen molar-refractivity contribution in [3.63, 3.8) is 0 Å². The van der Waals surface area contributed by atoms with Crippen LogP contribution in [-0.2, 0) is 7.05 Å². The van der Waals surface area contributed by atoms with E-state index in [9.17, 15) is 4.79 Å². The lowest BCUT2D eigenvalue weighted by Gasteiger charge is -2.09. The molecule has 0 saturated heterocycles. The molecule has 0 atom stereocenters. The van der Waals surface area contributed by atoms with E-state index in [4.69, 9.17) is 28.2 Å². The Kier molecular flexibility index (Phi) is 5.16. The molecule has 1 aliphatic carbocycles. The molecule has 1 fully saturated rings. The minimum absolute atomic E-state index is 0.131. The van der Waals surface area contributed by atoms with Gasteiger partial charge in [-0.15, -0.1) is 11.3 Å². The molecule has 0 unspecified atom stereocenters. The third-order valence-electron chi connectivity index (χ3n) is 5.59. The van der Waals surface area contributed by atoms with Gasteiger partial charge in [-0.3, -0.25) is 9.48 Å². The molecule has 0 spiro atoms. The van der Waals surface area contributed by atoms with Crippen LogP contribution in [0, 0.1) is 6.92 Å². The second-order valence-electron chi connectivity index (χ2n) is 7.65. The number of para-hydroxylation sites is 1. The minimum Gasteiger partial charge on any atom is -0.313 e. The van der Waals surface area contributed by atoms with E-state index in [2.05, 4.69) is 9.95 Å². The largest absolute Gasteiger partial charge is 0.313 e. The van der Waals surface area contributed by atoms with E-state index >= 15 is 0 Å². The summed E-state index contributed by atoms with van der Waals surface area (Å²) >= 11 is 14.1. The third-order valence-corrected chi connectivity index (χ3v) is 6.98. The van der Waals surface area contributed by atoms with E-state index in [1.165, 1.54) is 11.3 Å². The zero-order valence-corrected chi connectivity index (χ0v) is 19.4. The summed E-state index contributed by atoms with van der Waals surface area (Å²) in [5, 5.41) is 3.27. The van der Waals surface area contributed by atoms with Crippen LogP contribution in [0.2, 0.25) is 10.0 Å². The van der Waals surface area contributed by atoms with Gasteiger partial charge in [0.25, 0.3) is 5.56 Å². The predicted octanol–water partition coefficient (Wildman–Crippen LogP) is 5.89. The average molecular weight is 471 g/mol. The second kappa shape index (κ2) is 7.86. The van der Waals surface area contributed by atoms with Crippen molar-refractivity contribution in [2.75, 3.05) is 0 Å². The molecule has 1 saturated carbocycles. The molecule has 0 aliphatic heterocycles. The number of hydrogen-bond donors (Lipinski definition) is 0. The first-order chi connectivity index (χ1) is 15.0. The van der Waals surface area contributed by atoms with Gasteiger partial charge < -0.3 is 4.57 Å². The van der Waals surface area contributed by atoms with E-state index in [-0.39, 0.29) is 5.56 Å². The van der Waals surface area contributed by atoms with Gasteiger partial charge in [-0.25, -0.2) is 9.67 Å². The molecule has 158 valence electrons. The molecule has 1 aliphatic rings. The Morgan fingerprint density at radius 1 is 1.10 bits per heavy atom. The van der Waals surface area contributed by atoms with Crippen molar-refractivity contribution in [1.29, 1.82) is 0 Å². The van der Waals surface area contributed by atoms with Gasteiger partial charge in [0.15, 0.2) is 10.5 Å². The highest BCUT2D eigenvalue weighted by Crippen LogP contribution is 2.40. The number of halogens is 2. The monoisotopic (exact) mass is 470 g/mol. The van der Waals surface area contributed by atoms with E-state index in [0.29, 0.717) is 21.8 Å². The number of thiazole rings is 1. The number of benzene rings is 2. The summed E-state index contributed by atoms with van der Waals surface area (Å²) in [6, 6.07) is 15.5. The van der Waals surface area contributed by atoms with Crippen LogP contribution in [0.1, 0.15) is 24.6 Å². The van der Waals surface area contributed by atoms with Gasteiger partial charge in [0.05, 0.1) is 22.1 Å². The minimum atomic E-state index is -0.131. The SMILES string of the molecule is Cc1c(N=c2scc(-c3ccc(Cl)cc3Cl)n2C2CC2)c(=O)n(-c2ccccc2)n1C. The first-order valence-electron chi connectivity index (χ1n) is 10.00. The smallest absolute Gasteiger partial charge is 0.297 e. The summed E-state index contributed by atoms with van der Waals surface area (Å²) in [7, 11) is 1.88. The molecule has 5 rings (SSSR count). The van der Waals surface area contributed by atoms with Crippen molar-refractivity contribution in [2.45, 2.75) is 25.8 Å². The number of aromatic nitrogens is 3. The highest BCUT2D eigenvalue weighted by molar-refractivity contribution is 7.07. The van der Waals surface area contributed by atoms with Crippen molar-refractivity contribution in [1.82, 2.24) is 13.9 Å². The van der Waals surface area contributed by atoms with Crippen LogP contribution < -0.4 is 10.4 Å². The zero-order chi connectivity index (χ0) is 21.7. The Morgan fingerprint density at radius 2 is 1.84 bits per heavy atom. The lowest BCUT2D eigenvalue weighted by Crippen LogP contribution is -2.20. The lowest BCUT2D eigenvalue weighted by molar-refractivity contribution is 0.630. The summed E-state index contributed by atoms with van der Waals surface area (Å²) in [4.78, 5) is 18.9. The van der Waals surface area contributed by atoms with E-state index in [0.717, 1.165) is 40.3 Å². The van der Waals surface area contributed by atoms with Crippen LogP contribution in [0.3, 0.4) is 0 Å². The van der Waals surface area contributed by atoms with Gasteiger partial charge in [0.2, 0.25) is 0 Å². The summed E-state index contributed by atoms with van der Waals surface area (Å²) in [6.45, 7) is 1.92. The van der Waals surface area contributed by atoms with Crippen LogP contribution in [-0.4, -0.2) is 13.9 Å². The van der Waals surface area contributed by atoms with E-state index in [1.807, 2.05) is 61.1 Å². The average Bonchev–Trinajstić information content (AvgIpc) is 3.47. The van der Waals surface area contributed by atoms with Gasteiger partial charge in [-0.1, -0.05) is 41.4 Å².